The van der Waals surface area contributed by atoms with Crippen LogP contribution in [0.25, 0.3) is 5.69 Å². The number of hydrazone groups is 1. The van der Waals surface area contributed by atoms with Gasteiger partial charge in [-0.15, -0.1) is 0 Å². The lowest BCUT2D eigenvalue weighted by Gasteiger charge is -2.25. The van der Waals surface area contributed by atoms with Gasteiger partial charge in [0.2, 0.25) is 0 Å². The van der Waals surface area contributed by atoms with Crippen LogP contribution in [0.2, 0.25) is 10.0 Å². The molecule has 0 aliphatic carbocycles. The van der Waals surface area contributed by atoms with Gasteiger partial charge in [-0.3, -0.25) is 9.10 Å². The van der Waals surface area contributed by atoms with E-state index >= 15 is 0 Å². The van der Waals surface area contributed by atoms with Crippen molar-refractivity contribution in [2.24, 2.45) is 5.10 Å². The SMILES string of the molecule is COc1ccc(C)cc1N(CC(=O)N/N=C\c1cc(C)n(-c2cc(Cl)ccc2Cl)c1C)S(=O)(=O)c1ccccc1. The van der Waals surface area contributed by atoms with E-state index in [0.29, 0.717) is 15.8 Å². The van der Waals surface area contributed by atoms with Crippen molar-refractivity contribution >= 4 is 51.0 Å². The Bertz CT molecular complexity index is 1690. The molecule has 11 heteroatoms. The van der Waals surface area contributed by atoms with E-state index in [1.54, 1.807) is 54.6 Å². The monoisotopic (exact) mass is 598 g/mol. The Morgan fingerprint density at radius 3 is 2.45 bits per heavy atom. The number of ether oxygens (including phenoxy) is 1. The molecule has 0 unspecified atom stereocenters. The van der Waals surface area contributed by atoms with Crippen LogP contribution in [0.5, 0.6) is 5.75 Å². The number of anilines is 1. The predicted octanol–water partition coefficient (Wildman–Crippen LogP) is 6.06. The Morgan fingerprint density at radius 1 is 1.02 bits per heavy atom. The van der Waals surface area contributed by atoms with Gasteiger partial charge in [-0.05, 0) is 74.9 Å². The van der Waals surface area contributed by atoms with Crippen molar-refractivity contribution in [3.05, 3.63) is 105 Å². The average Bonchev–Trinajstić information content (AvgIpc) is 3.21. The number of sulfonamides is 1. The summed E-state index contributed by atoms with van der Waals surface area (Å²) in [5.74, 6) is -0.320. The van der Waals surface area contributed by atoms with Crippen molar-refractivity contribution < 1.29 is 17.9 Å². The molecule has 0 bridgehead atoms. The fourth-order valence-corrected chi connectivity index (χ4v) is 6.11. The van der Waals surface area contributed by atoms with Gasteiger partial charge in [0, 0.05) is 22.0 Å². The van der Waals surface area contributed by atoms with E-state index in [1.807, 2.05) is 31.4 Å². The third-order valence-corrected chi connectivity index (χ3v) is 8.56. The molecular weight excluding hydrogens is 571 g/mol. The summed E-state index contributed by atoms with van der Waals surface area (Å²) in [6, 6.07) is 20.1. The molecule has 4 aromatic rings. The van der Waals surface area contributed by atoms with Gasteiger partial charge in [0.05, 0.1) is 34.6 Å². The van der Waals surface area contributed by atoms with Crippen LogP contribution in [0.4, 0.5) is 5.69 Å². The first-order valence-electron chi connectivity index (χ1n) is 12.2. The summed E-state index contributed by atoms with van der Waals surface area (Å²) in [6.45, 7) is 5.12. The van der Waals surface area contributed by atoms with Gasteiger partial charge in [-0.25, -0.2) is 13.8 Å². The highest BCUT2D eigenvalue weighted by atomic mass is 35.5. The van der Waals surface area contributed by atoms with Crippen molar-refractivity contribution in [2.75, 3.05) is 18.0 Å². The molecule has 1 aromatic heterocycles. The van der Waals surface area contributed by atoms with Gasteiger partial charge in [0.15, 0.2) is 0 Å². The highest BCUT2D eigenvalue weighted by molar-refractivity contribution is 7.92. The van der Waals surface area contributed by atoms with Crippen molar-refractivity contribution in [3.63, 3.8) is 0 Å². The number of aryl methyl sites for hydroxylation is 2. The summed E-state index contributed by atoms with van der Waals surface area (Å²) in [5, 5.41) is 5.19. The minimum atomic E-state index is -4.11. The van der Waals surface area contributed by atoms with Gasteiger partial charge >= 0.3 is 0 Å². The highest BCUT2D eigenvalue weighted by Crippen LogP contribution is 2.33. The molecule has 0 aliphatic rings. The van der Waals surface area contributed by atoms with Gasteiger partial charge in [0.1, 0.15) is 12.3 Å². The average molecular weight is 600 g/mol. The van der Waals surface area contributed by atoms with Crippen LogP contribution in [0.3, 0.4) is 0 Å². The smallest absolute Gasteiger partial charge is 0.264 e. The third-order valence-electron chi connectivity index (χ3n) is 6.23. The van der Waals surface area contributed by atoms with E-state index in [4.69, 9.17) is 27.9 Å². The van der Waals surface area contributed by atoms with Crippen molar-refractivity contribution in [2.45, 2.75) is 25.7 Å². The van der Waals surface area contributed by atoms with Crippen molar-refractivity contribution in [1.82, 2.24) is 9.99 Å². The molecule has 4 rings (SSSR count). The minimum absolute atomic E-state index is 0.0435. The molecule has 1 amide bonds. The molecule has 3 aromatic carbocycles. The number of nitrogens with zero attached hydrogens (tertiary/aromatic N) is 3. The lowest BCUT2D eigenvalue weighted by atomic mass is 10.2. The Morgan fingerprint density at radius 2 is 1.75 bits per heavy atom. The lowest BCUT2D eigenvalue weighted by Crippen LogP contribution is -2.39. The number of carbonyl (C=O) groups excluding carboxylic acids is 1. The maximum atomic E-state index is 13.6. The summed E-state index contributed by atoms with van der Waals surface area (Å²) < 4.78 is 35.7. The van der Waals surface area contributed by atoms with Crippen LogP contribution in [0.15, 0.2) is 82.8 Å². The predicted molar refractivity (Wildman–Crippen MR) is 160 cm³/mol. The van der Waals surface area contributed by atoms with E-state index in [2.05, 4.69) is 10.5 Å². The van der Waals surface area contributed by atoms with Crippen LogP contribution in [-0.4, -0.2) is 38.8 Å². The number of nitrogens with one attached hydrogen (secondary N) is 1. The topological polar surface area (TPSA) is 93.0 Å². The Kier molecular flexibility index (Phi) is 8.88. The number of hydrogen-bond donors (Lipinski definition) is 1. The summed E-state index contributed by atoms with van der Waals surface area (Å²) in [7, 11) is -2.67. The number of methoxy groups -OCH3 is 1. The summed E-state index contributed by atoms with van der Waals surface area (Å²) in [4.78, 5) is 13.1. The van der Waals surface area contributed by atoms with Crippen LogP contribution in [-0.2, 0) is 14.8 Å². The first-order valence-corrected chi connectivity index (χ1v) is 14.4. The number of rotatable bonds is 9. The normalized spacial score (nSPS) is 11.6. The van der Waals surface area contributed by atoms with E-state index < -0.39 is 22.5 Å². The number of hydrogen-bond acceptors (Lipinski definition) is 5. The second-order valence-electron chi connectivity index (χ2n) is 9.05. The third kappa shape index (κ3) is 6.17. The van der Waals surface area contributed by atoms with Crippen LogP contribution in [0, 0.1) is 20.8 Å². The van der Waals surface area contributed by atoms with Gasteiger partial charge in [0.25, 0.3) is 15.9 Å². The van der Waals surface area contributed by atoms with E-state index in [9.17, 15) is 13.2 Å². The van der Waals surface area contributed by atoms with Crippen LogP contribution in [0.1, 0.15) is 22.5 Å². The molecule has 8 nitrogen and oxygen atoms in total. The molecule has 0 spiro atoms. The largest absolute Gasteiger partial charge is 0.495 e. The molecular formula is C29H28Cl2N4O4S. The standard InChI is InChI=1S/C29H28Cl2N4O4S/c1-19-10-13-28(39-4)27(14-19)34(40(37,38)24-8-6-5-7-9-24)18-29(36)33-32-17-22-15-20(2)35(21(22)3)26-16-23(30)11-12-25(26)31/h5-17H,18H2,1-4H3,(H,33,36)/b32-17-. The maximum Gasteiger partial charge on any atom is 0.264 e. The lowest BCUT2D eigenvalue weighted by molar-refractivity contribution is -0.119. The van der Waals surface area contributed by atoms with Crippen molar-refractivity contribution in [1.29, 1.82) is 0 Å². The quantitative estimate of drug-likeness (QED) is 0.187. The zero-order valence-corrected chi connectivity index (χ0v) is 24.7. The zero-order valence-electron chi connectivity index (χ0n) is 22.4. The van der Waals surface area contributed by atoms with Gasteiger partial charge < -0.3 is 9.30 Å². The maximum absolute atomic E-state index is 13.6. The fraction of sp³-hybridized carbons (Fsp3) is 0.172. The van der Waals surface area contributed by atoms with Crippen molar-refractivity contribution in [3.8, 4) is 11.4 Å². The molecule has 0 aliphatic heterocycles. The van der Waals surface area contributed by atoms with E-state index in [-0.39, 0.29) is 10.6 Å². The molecule has 40 heavy (non-hydrogen) atoms. The van der Waals surface area contributed by atoms with Crippen LogP contribution >= 0.6 is 23.2 Å². The number of carbonyl (C=O) groups is 1. The summed E-state index contributed by atoms with van der Waals surface area (Å²) in [5.41, 5.74) is 6.68. The Labute approximate surface area is 243 Å². The van der Waals surface area contributed by atoms with E-state index in [1.165, 1.54) is 25.5 Å². The summed E-state index contributed by atoms with van der Waals surface area (Å²) in [6.07, 6.45) is 1.50. The Hall–Kier alpha value is -3.79. The Balaban J connectivity index is 1.61. The summed E-state index contributed by atoms with van der Waals surface area (Å²) >= 11 is 12.6. The first kappa shape index (κ1) is 29.2. The second kappa shape index (κ2) is 12.2. The zero-order chi connectivity index (χ0) is 29.0. The molecule has 0 fully saturated rings. The molecule has 0 saturated carbocycles. The number of amides is 1. The molecule has 0 radical (unpaired) electrons. The number of benzene rings is 3. The van der Waals surface area contributed by atoms with Gasteiger partial charge in [-0.2, -0.15) is 5.10 Å². The van der Waals surface area contributed by atoms with E-state index in [0.717, 1.165) is 32.5 Å². The fourth-order valence-electron chi connectivity index (χ4n) is 4.30. The number of halogens is 2. The highest BCUT2D eigenvalue weighted by Gasteiger charge is 2.29. The minimum Gasteiger partial charge on any atom is -0.495 e. The van der Waals surface area contributed by atoms with Crippen LogP contribution < -0.4 is 14.5 Å². The molecule has 0 atom stereocenters. The molecule has 1 heterocycles. The first-order chi connectivity index (χ1) is 19.0. The second-order valence-corrected chi connectivity index (χ2v) is 11.8. The number of aromatic nitrogens is 1. The molecule has 208 valence electrons. The molecule has 0 saturated heterocycles. The van der Waals surface area contributed by atoms with Gasteiger partial charge in [-0.1, -0.05) is 47.5 Å². The molecule has 1 N–H and O–H groups in total.